The third kappa shape index (κ3) is 5.76. The topological polar surface area (TPSA) is 62.1 Å². The normalized spacial score (nSPS) is 11.1. The minimum absolute atomic E-state index is 0.124. The predicted molar refractivity (Wildman–Crippen MR) is 131 cm³/mol. The van der Waals surface area contributed by atoms with Gasteiger partial charge in [-0.3, -0.25) is 4.79 Å². The lowest BCUT2D eigenvalue weighted by atomic mass is 10.1. The molecule has 3 aromatic carbocycles. The summed E-state index contributed by atoms with van der Waals surface area (Å²) in [7, 11) is 0. The Labute approximate surface area is 205 Å². The molecule has 4 nitrogen and oxygen atoms in total. The van der Waals surface area contributed by atoms with Crippen molar-refractivity contribution in [3.63, 3.8) is 0 Å². The van der Waals surface area contributed by atoms with Crippen molar-refractivity contribution in [2.24, 2.45) is 0 Å². The number of carbonyl (C=O) groups excluding carboxylic acids is 1. The van der Waals surface area contributed by atoms with Crippen molar-refractivity contribution >= 4 is 64.1 Å². The van der Waals surface area contributed by atoms with Gasteiger partial charge < -0.3 is 10.1 Å². The molecule has 0 bridgehead atoms. The maximum atomic E-state index is 12.6. The van der Waals surface area contributed by atoms with Gasteiger partial charge in [-0.1, -0.05) is 70.7 Å². The molecule has 0 atom stereocenters. The lowest BCUT2D eigenvalue weighted by molar-refractivity contribution is -0.112. The van der Waals surface area contributed by atoms with E-state index in [-0.39, 0.29) is 28.0 Å². The zero-order chi connectivity index (χ0) is 23.3. The molecule has 3 aromatic rings. The van der Waals surface area contributed by atoms with Crippen LogP contribution >= 0.6 is 46.4 Å². The van der Waals surface area contributed by atoms with Crippen LogP contribution in [0, 0.1) is 18.3 Å². The number of halogens is 4. The summed E-state index contributed by atoms with van der Waals surface area (Å²) in [4.78, 5) is 12.6. The monoisotopic (exact) mass is 504 g/mol. The van der Waals surface area contributed by atoms with Crippen LogP contribution in [-0.4, -0.2) is 5.91 Å². The van der Waals surface area contributed by atoms with Crippen LogP contribution < -0.4 is 10.1 Å². The number of benzene rings is 3. The molecule has 1 amide bonds. The summed E-state index contributed by atoms with van der Waals surface area (Å²) in [6, 6.07) is 17.4. The molecule has 32 heavy (non-hydrogen) atoms. The number of carbonyl (C=O) groups is 1. The van der Waals surface area contributed by atoms with Crippen molar-refractivity contribution in [1.82, 2.24) is 0 Å². The van der Waals surface area contributed by atoms with Gasteiger partial charge in [-0.05, 0) is 54.5 Å². The van der Waals surface area contributed by atoms with Gasteiger partial charge in [-0.15, -0.1) is 0 Å². The average Bonchev–Trinajstić information content (AvgIpc) is 2.75. The van der Waals surface area contributed by atoms with Crippen molar-refractivity contribution in [2.45, 2.75) is 13.5 Å². The first-order valence-corrected chi connectivity index (χ1v) is 10.8. The third-order valence-electron chi connectivity index (χ3n) is 4.54. The average molecular weight is 506 g/mol. The van der Waals surface area contributed by atoms with E-state index in [2.05, 4.69) is 5.32 Å². The standard InChI is InChI=1S/C24H16Cl4N2O2/c1-14-18(25)7-4-8-22(14)30-24(31)17(12-29)9-15-10-20(27)23(21(28)11-15)32-13-16-5-2-3-6-19(16)26/h2-11H,13H2,1H3,(H,30,31)/b17-9-. The van der Waals surface area contributed by atoms with Gasteiger partial charge in [0.2, 0.25) is 0 Å². The summed E-state index contributed by atoms with van der Waals surface area (Å²) in [5, 5.41) is 13.7. The molecular weight excluding hydrogens is 490 g/mol. The van der Waals surface area contributed by atoms with E-state index < -0.39 is 5.91 Å². The number of nitrogens with one attached hydrogen (secondary N) is 1. The summed E-state index contributed by atoms with van der Waals surface area (Å²) in [6.45, 7) is 1.95. The Kier molecular flexibility index (Phi) is 8.06. The molecule has 0 radical (unpaired) electrons. The molecule has 0 aliphatic rings. The fourth-order valence-corrected chi connectivity index (χ4v) is 3.79. The Bertz CT molecular complexity index is 1230. The Morgan fingerprint density at radius 1 is 1.00 bits per heavy atom. The highest BCUT2D eigenvalue weighted by Crippen LogP contribution is 2.36. The number of hydrogen-bond donors (Lipinski definition) is 1. The first-order valence-electron chi connectivity index (χ1n) is 9.33. The quantitative estimate of drug-likeness (QED) is 0.275. The van der Waals surface area contributed by atoms with Gasteiger partial charge in [0.05, 0.1) is 10.0 Å². The minimum atomic E-state index is -0.579. The lowest BCUT2D eigenvalue weighted by Crippen LogP contribution is -2.14. The molecule has 8 heteroatoms. The number of ether oxygens (including phenoxy) is 1. The number of hydrogen-bond acceptors (Lipinski definition) is 3. The van der Waals surface area contributed by atoms with Crippen LogP contribution in [0.15, 0.2) is 60.2 Å². The van der Waals surface area contributed by atoms with Crippen LogP contribution in [0.25, 0.3) is 6.08 Å². The Balaban J connectivity index is 1.80. The van der Waals surface area contributed by atoms with Gasteiger partial charge in [0.1, 0.15) is 18.2 Å². The first kappa shape index (κ1) is 24.0. The van der Waals surface area contributed by atoms with E-state index in [0.29, 0.717) is 26.9 Å². The number of amides is 1. The second kappa shape index (κ2) is 10.8. The highest BCUT2D eigenvalue weighted by Gasteiger charge is 2.14. The fraction of sp³-hybridized carbons (Fsp3) is 0.0833. The summed E-state index contributed by atoms with van der Waals surface area (Å²) >= 11 is 24.9. The largest absolute Gasteiger partial charge is 0.486 e. The maximum absolute atomic E-state index is 12.6. The fourth-order valence-electron chi connectivity index (χ4n) is 2.81. The molecule has 0 aromatic heterocycles. The number of rotatable bonds is 6. The molecule has 0 fully saturated rings. The van der Waals surface area contributed by atoms with Gasteiger partial charge in [0.15, 0.2) is 5.75 Å². The van der Waals surface area contributed by atoms with Crippen LogP contribution in [-0.2, 0) is 11.4 Å². The molecule has 0 unspecified atom stereocenters. The number of nitrogens with zero attached hydrogens (tertiary/aromatic N) is 1. The van der Waals surface area contributed by atoms with Crippen molar-refractivity contribution < 1.29 is 9.53 Å². The molecule has 0 aliphatic carbocycles. The van der Waals surface area contributed by atoms with Crippen LogP contribution in [0.1, 0.15) is 16.7 Å². The van der Waals surface area contributed by atoms with Crippen molar-refractivity contribution in [2.75, 3.05) is 5.32 Å². The van der Waals surface area contributed by atoms with E-state index >= 15 is 0 Å². The smallest absolute Gasteiger partial charge is 0.266 e. The van der Waals surface area contributed by atoms with Crippen LogP contribution in [0.3, 0.4) is 0 Å². The maximum Gasteiger partial charge on any atom is 0.266 e. The molecular formula is C24H16Cl4N2O2. The first-order chi connectivity index (χ1) is 15.3. The van der Waals surface area contributed by atoms with Gasteiger partial charge in [-0.25, -0.2) is 0 Å². The molecule has 0 heterocycles. The SMILES string of the molecule is Cc1c(Cl)cccc1NC(=O)/C(C#N)=C\c1cc(Cl)c(OCc2ccccc2Cl)c(Cl)c1. The van der Waals surface area contributed by atoms with E-state index in [1.165, 1.54) is 6.08 Å². The Morgan fingerprint density at radius 2 is 1.66 bits per heavy atom. The highest BCUT2D eigenvalue weighted by atomic mass is 35.5. The van der Waals surface area contributed by atoms with Crippen molar-refractivity contribution in [1.29, 1.82) is 5.26 Å². The molecule has 162 valence electrons. The van der Waals surface area contributed by atoms with Gasteiger partial charge >= 0.3 is 0 Å². The Morgan fingerprint density at radius 3 is 2.31 bits per heavy atom. The molecule has 3 rings (SSSR count). The molecule has 0 aliphatic heterocycles. The van der Waals surface area contributed by atoms with Crippen LogP contribution in [0.4, 0.5) is 5.69 Å². The van der Waals surface area contributed by atoms with Gasteiger partial charge in [0.25, 0.3) is 5.91 Å². The summed E-state index contributed by atoms with van der Waals surface area (Å²) in [5.41, 5.74) is 2.35. The lowest BCUT2D eigenvalue weighted by Gasteiger charge is -2.12. The zero-order valence-corrected chi connectivity index (χ0v) is 19.8. The summed E-state index contributed by atoms with van der Waals surface area (Å²) < 4.78 is 5.75. The highest BCUT2D eigenvalue weighted by molar-refractivity contribution is 6.37. The second-order valence-corrected chi connectivity index (χ2v) is 8.36. The molecule has 0 saturated carbocycles. The number of anilines is 1. The van der Waals surface area contributed by atoms with E-state index in [1.807, 2.05) is 24.3 Å². The zero-order valence-electron chi connectivity index (χ0n) is 16.8. The van der Waals surface area contributed by atoms with E-state index in [9.17, 15) is 10.1 Å². The third-order valence-corrected chi connectivity index (χ3v) is 5.88. The number of nitriles is 1. The summed E-state index contributed by atoms with van der Waals surface area (Å²) in [5.74, 6) is -0.299. The van der Waals surface area contributed by atoms with Crippen molar-refractivity contribution in [3.05, 3.63) is 97.0 Å². The van der Waals surface area contributed by atoms with Gasteiger partial charge in [-0.2, -0.15) is 5.26 Å². The molecule has 0 spiro atoms. The van der Waals surface area contributed by atoms with E-state index in [0.717, 1.165) is 5.56 Å². The van der Waals surface area contributed by atoms with Crippen LogP contribution in [0.5, 0.6) is 5.75 Å². The van der Waals surface area contributed by atoms with Crippen LogP contribution in [0.2, 0.25) is 20.1 Å². The second-order valence-electron chi connectivity index (χ2n) is 6.73. The summed E-state index contributed by atoms with van der Waals surface area (Å²) in [6.07, 6.45) is 1.39. The van der Waals surface area contributed by atoms with E-state index in [4.69, 9.17) is 51.1 Å². The minimum Gasteiger partial charge on any atom is -0.486 e. The predicted octanol–water partition coefficient (Wildman–Crippen LogP) is 7.73. The van der Waals surface area contributed by atoms with E-state index in [1.54, 1.807) is 43.3 Å². The molecule has 0 saturated heterocycles. The molecule has 1 N–H and O–H groups in total. The Hall–Kier alpha value is -2.68. The van der Waals surface area contributed by atoms with Gasteiger partial charge in [0, 0.05) is 21.3 Å². The van der Waals surface area contributed by atoms with Crippen molar-refractivity contribution in [3.8, 4) is 11.8 Å².